The number of nitrogens with zero attached hydrogens (tertiary/aromatic N) is 4. The Hall–Kier alpha value is -3.40. The monoisotopic (exact) mass is 347 g/mol. The highest BCUT2D eigenvalue weighted by molar-refractivity contribution is 6.01. The SMILES string of the molecule is Cc1cc(C#N)ncc1Oc1cc(NC(=O)C2CC2)c2ncn(C)c2c1. The molecule has 1 aromatic carbocycles. The largest absolute Gasteiger partial charge is 0.455 e. The molecule has 0 atom stereocenters. The van der Waals surface area contributed by atoms with Crippen molar-refractivity contribution in [3.8, 4) is 17.6 Å². The molecule has 1 aliphatic carbocycles. The van der Waals surface area contributed by atoms with E-state index in [0.29, 0.717) is 22.9 Å². The molecule has 0 radical (unpaired) electrons. The molecule has 7 nitrogen and oxygen atoms in total. The van der Waals surface area contributed by atoms with Crippen LogP contribution in [-0.2, 0) is 11.8 Å². The van der Waals surface area contributed by atoms with Gasteiger partial charge in [-0.1, -0.05) is 0 Å². The van der Waals surface area contributed by atoms with Gasteiger partial charge in [0.15, 0.2) is 0 Å². The molecule has 130 valence electrons. The number of aryl methyl sites for hydroxylation is 2. The molecule has 0 unspecified atom stereocenters. The van der Waals surface area contributed by atoms with Crippen LogP contribution >= 0.6 is 0 Å². The highest BCUT2D eigenvalue weighted by Crippen LogP contribution is 2.35. The third-order valence-electron chi connectivity index (χ3n) is 4.41. The fourth-order valence-corrected chi connectivity index (χ4v) is 2.78. The number of aromatic nitrogens is 3. The van der Waals surface area contributed by atoms with Crippen molar-refractivity contribution in [2.45, 2.75) is 19.8 Å². The van der Waals surface area contributed by atoms with E-state index in [-0.39, 0.29) is 11.8 Å². The number of hydrogen-bond donors (Lipinski definition) is 1. The molecule has 0 spiro atoms. The number of carbonyl (C=O) groups is 1. The number of rotatable bonds is 4. The quantitative estimate of drug-likeness (QED) is 0.782. The van der Waals surface area contributed by atoms with Gasteiger partial charge in [-0.15, -0.1) is 0 Å². The number of anilines is 1. The van der Waals surface area contributed by atoms with E-state index in [1.807, 2.05) is 30.7 Å². The van der Waals surface area contributed by atoms with Gasteiger partial charge in [-0.3, -0.25) is 4.79 Å². The van der Waals surface area contributed by atoms with Crippen LogP contribution in [-0.4, -0.2) is 20.4 Å². The number of nitriles is 1. The first-order valence-corrected chi connectivity index (χ1v) is 8.35. The Labute approximate surface area is 150 Å². The van der Waals surface area contributed by atoms with Gasteiger partial charge >= 0.3 is 0 Å². The van der Waals surface area contributed by atoms with Crippen LogP contribution in [0.4, 0.5) is 5.69 Å². The number of benzene rings is 1. The Morgan fingerprint density at radius 3 is 2.85 bits per heavy atom. The van der Waals surface area contributed by atoms with Gasteiger partial charge in [-0.25, -0.2) is 9.97 Å². The zero-order valence-corrected chi connectivity index (χ0v) is 14.5. The highest BCUT2D eigenvalue weighted by Gasteiger charge is 2.30. The van der Waals surface area contributed by atoms with E-state index in [9.17, 15) is 4.79 Å². The fourth-order valence-electron chi connectivity index (χ4n) is 2.78. The van der Waals surface area contributed by atoms with E-state index in [4.69, 9.17) is 10.00 Å². The summed E-state index contributed by atoms with van der Waals surface area (Å²) in [6.07, 6.45) is 5.10. The molecule has 4 rings (SSSR count). The van der Waals surface area contributed by atoms with Crippen LogP contribution in [0.15, 0.2) is 30.7 Å². The van der Waals surface area contributed by atoms with Gasteiger partial charge in [0.1, 0.15) is 28.8 Å². The molecule has 0 saturated heterocycles. The van der Waals surface area contributed by atoms with Crippen molar-refractivity contribution >= 4 is 22.6 Å². The van der Waals surface area contributed by atoms with Gasteiger partial charge in [0.25, 0.3) is 0 Å². The van der Waals surface area contributed by atoms with E-state index < -0.39 is 0 Å². The molecule has 1 N–H and O–H groups in total. The molecule has 26 heavy (non-hydrogen) atoms. The Balaban J connectivity index is 1.71. The minimum Gasteiger partial charge on any atom is -0.455 e. The van der Waals surface area contributed by atoms with Crippen molar-refractivity contribution in [2.75, 3.05) is 5.32 Å². The number of ether oxygens (including phenoxy) is 1. The Morgan fingerprint density at radius 2 is 2.15 bits per heavy atom. The lowest BCUT2D eigenvalue weighted by atomic mass is 10.2. The van der Waals surface area contributed by atoms with E-state index >= 15 is 0 Å². The van der Waals surface area contributed by atoms with Crippen LogP contribution in [0.2, 0.25) is 0 Å². The van der Waals surface area contributed by atoms with Crippen molar-refractivity contribution in [2.24, 2.45) is 13.0 Å². The van der Waals surface area contributed by atoms with Gasteiger partial charge in [0.2, 0.25) is 5.91 Å². The van der Waals surface area contributed by atoms with Crippen molar-refractivity contribution in [1.82, 2.24) is 14.5 Å². The third-order valence-corrected chi connectivity index (χ3v) is 4.41. The predicted octanol–water partition coefficient (Wildman–Crippen LogP) is 3.29. The second kappa shape index (κ2) is 6.15. The maximum atomic E-state index is 12.2. The van der Waals surface area contributed by atoms with Crippen molar-refractivity contribution in [3.05, 3.63) is 42.0 Å². The van der Waals surface area contributed by atoms with Crippen LogP contribution in [0.1, 0.15) is 24.1 Å². The molecule has 2 aromatic heterocycles. The zero-order valence-electron chi connectivity index (χ0n) is 14.5. The molecular weight excluding hydrogens is 330 g/mol. The number of fused-ring (bicyclic) bond motifs is 1. The molecule has 0 aliphatic heterocycles. The predicted molar refractivity (Wildman–Crippen MR) is 95.8 cm³/mol. The van der Waals surface area contributed by atoms with Gasteiger partial charge in [-0.05, 0) is 31.4 Å². The summed E-state index contributed by atoms with van der Waals surface area (Å²) in [5.41, 5.74) is 3.37. The topological polar surface area (TPSA) is 92.8 Å². The summed E-state index contributed by atoms with van der Waals surface area (Å²) >= 11 is 0. The minimum atomic E-state index is 0.0188. The average molecular weight is 347 g/mol. The summed E-state index contributed by atoms with van der Waals surface area (Å²) in [4.78, 5) is 20.6. The maximum Gasteiger partial charge on any atom is 0.227 e. The first-order chi connectivity index (χ1) is 12.5. The molecule has 2 heterocycles. The summed E-state index contributed by atoms with van der Waals surface area (Å²) in [6, 6.07) is 7.32. The molecule has 1 fully saturated rings. The van der Waals surface area contributed by atoms with Crippen LogP contribution in [0.25, 0.3) is 11.0 Å². The summed E-state index contributed by atoms with van der Waals surface area (Å²) < 4.78 is 7.85. The number of imidazole rings is 1. The van der Waals surface area contributed by atoms with Crippen molar-refractivity contribution in [1.29, 1.82) is 5.26 Å². The Kier molecular flexibility index (Phi) is 3.81. The fraction of sp³-hybridized carbons (Fsp3) is 0.263. The Morgan fingerprint density at radius 1 is 1.35 bits per heavy atom. The first kappa shape index (κ1) is 16.1. The average Bonchev–Trinajstić information content (AvgIpc) is 3.41. The standard InChI is InChI=1S/C19H17N5O2/c1-11-5-13(8-20)21-9-17(11)26-14-6-15(23-19(25)12-3-4-12)18-16(7-14)24(2)10-22-18/h5-7,9-10,12H,3-4H2,1-2H3,(H,23,25). The van der Waals surface area contributed by atoms with Crippen LogP contribution < -0.4 is 10.1 Å². The van der Waals surface area contributed by atoms with E-state index in [0.717, 1.165) is 29.4 Å². The number of carbonyl (C=O) groups excluding carboxylic acids is 1. The lowest BCUT2D eigenvalue weighted by molar-refractivity contribution is -0.117. The van der Waals surface area contributed by atoms with Crippen molar-refractivity contribution < 1.29 is 9.53 Å². The van der Waals surface area contributed by atoms with Gasteiger partial charge in [0, 0.05) is 25.1 Å². The maximum absolute atomic E-state index is 12.2. The molecule has 1 aliphatic rings. The third kappa shape index (κ3) is 2.97. The number of pyridine rings is 1. The normalized spacial score (nSPS) is 13.4. The minimum absolute atomic E-state index is 0.0188. The smallest absolute Gasteiger partial charge is 0.227 e. The highest BCUT2D eigenvalue weighted by atomic mass is 16.5. The van der Waals surface area contributed by atoms with Crippen LogP contribution in [0.3, 0.4) is 0 Å². The van der Waals surface area contributed by atoms with E-state index in [1.54, 1.807) is 18.5 Å². The number of hydrogen-bond acceptors (Lipinski definition) is 5. The first-order valence-electron chi connectivity index (χ1n) is 8.35. The second-order valence-electron chi connectivity index (χ2n) is 6.51. The Bertz CT molecular complexity index is 1060. The summed E-state index contributed by atoms with van der Waals surface area (Å²) in [7, 11) is 1.89. The molecule has 0 bridgehead atoms. The van der Waals surface area contributed by atoms with Gasteiger partial charge < -0.3 is 14.6 Å². The van der Waals surface area contributed by atoms with E-state index in [2.05, 4.69) is 15.3 Å². The summed E-state index contributed by atoms with van der Waals surface area (Å²) in [5.74, 6) is 1.25. The lowest BCUT2D eigenvalue weighted by Crippen LogP contribution is -2.13. The number of nitrogens with one attached hydrogen (secondary N) is 1. The zero-order chi connectivity index (χ0) is 18.3. The molecule has 7 heteroatoms. The molecule has 1 saturated carbocycles. The second-order valence-corrected chi connectivity index (χ2v) is 6.51. The molecule has 1 amide bonds. The van der Waals surface area contributed by atoms with Crippen molar-refractivity contribution in [3.63, 3.8) is 0 Å². The summed E-state index contributed by atoms with van der Waals surface area (Å²) in [5, 5.41) is 11.9. The molecule has 3 aromatic rings. The molecular formula is C19H17N5O2. The van der Waals surface area contributed by atoms with E-state index in [1.165, 1.54) is 6.20 Å². The number of amides is 1. The van der Waals surface area contributed by atoms with Crippen LogP contribution in [0, 0.1) is 24.2 Å². The van der Waals surface area contributed by atoms with Gasteiger partial charge in [0.05, 0.1) is 23.7 Å². The van der Waals surface area contributed by atoms with Gasteiger partial charge in [-0.2, -0.15) is 5.26 Å². The lowest BCUT2D eigenvalue weighted by Gasteiger charge is -2.12. The van der Waals surface area contributed by atoms with Crippen LogP contribution in [0.5, 0.6) is 11.5 Å². The summed E-state index contributed by atoms with van der Waals surface area (Å²) in [6.45, 7) is 1.86.